The first kappa shape index (κ1) is 17.7. The van der Waals surface area contributed by atoms with E-state index in [0.29, 0.717) is 31.6 Å². The predicted molar refractivity (Wildman–Crippen MR) is 88.5 cm³/mol. The van der Waals surface area contributed by atoms with E-state index in [1.165, 1.54) is 6.07 Å². The lowest BCUT2D eigenvalue weighted by Crippen LogP contribution is -2.39. The Morgan fingerprint density at radius 3 is 3.04 bits per heavy atom. The zero-order valence-corrected chi connectivity index (χ0v) is 14.2. The van der Waals surface area contributed by atoms with Crippen LogP contribution in [0.5, 0.6) is 5.75 Å². The van der Waals surface area contributed by atoms with Crippen molar-refractivity contribution in [2.45, 2.75) is 37.5 Å². The van der Waals surface area contributed by atoms with Gasteiger partial charge in [0.25, 0.3) is 0 Å². The summed E-state index contributed by atoms with van der Waals surface area (Å²) >= 11 is 0. The van der Waals surface area contributed by atoms with E-state index in [-0.39, 0.29) is 23.1 Å². The molecule has 1 heterocycles. The molecule has 0 radical (unpaired) electrons. The van der Waals surface area contributed by atoms with Gasteiger partial charge in [0.2, 0.25) is 0 Å². The number of benzene rings is 1. The second-order valence-corrected chi connectivity index (χ2v) is 7.50. The maximum Gasteiger partial charge on any atom is 0.315 e. The number of amides is 2. The molecule has 2 amide bonds. The molecule has 3 atom stereocenters. The fourth-order valence-corrected chi connectivity index (χ4v) is 2.93. The quantitative estimate of drug-likeness (QED) is 0.864. The average Bonchev–Trinajstić information content (AvgIpc) is 2.71. The molecule has 1 aliphatic heterocycles. The van der Waals surface area contributed by atoms with Crippen LogP contribution in [0.15, 0.2) is 18.2 Å². The molecule has 0 fully saturated rings. The van der Waals surface area contributed by atoms with Gasteiger partial charge in [-0.2, -0.15) is 0 Å². The first-order valence-corrected chi connectivity index (χ1v) is 9.39. The van der Waals surface area contributed by atoms with Crippen LogP contribution in [-0.2, 0) is 10.8 Å². The normalized spacial score (nSPS) is 19.7. The standard InChI is InChI=1S/C16H23FN2O3S/c1-11(23(2)21)8-9-18-16(20)19-14-7-4-10-22-15-12(14)5-3-6-13(15)17/h3,5-6,11,14H,4,7-10H2,1-2H3,(H2,18,19,20)/t11-,14-,23+/m1/s1. The third-order valence-electron chi connectivity index (χ3n) is 3.96. The Morgan fingerprint density at radius 1 is 1.52 bits per heavy atom. The highest BCUT2D eigenvalue weighted by atomic mass is 32.2. The van der Waals surface area contributed by atoms with E-state index in [4.69, 9.17) is 4.74 Å². The summed E-state index contributed by atoms with van der Waals surface area (Å²) in [6.07, 6.45) is 3.74. The third-order valence-corrected chi connectivity index (χ3v) is 5.33. The first-order valence-electron chi connectivity index (χ1n) is 7.77. The fourth-order valence-electron chi connectivity index (χ4n) is 2.48. The molecular weight excluding hydrogens is 319 g/mol. The Labute approximate surface area is 138 Å². The smallest absolute Gasteiger partial charge is 0.315 e. The number of ether oxygens (including phenoxy) is 1. The minimum atomic E-state index is -0.896. The molecule has 0 saturated carbocycles. The van der Waals surface area contributed by atoms with Crippen LogP contribution in [0, 0.1) is 5.82 Å². The van der Waals surface area contributed by atoms with Crippen LogP contribution in [0.2, 0.25) is 0 Å². The molecule has 1 aromatic rings. The number of nitrogens with one attached hydrogen (secondary N) is 2. The minimum Gasteiger partial charge on any atom is -0.490 e. The van der Waals surface area contributed by atoms with Gasteiger partial charge in [0, 0.05) is 34.4 Å². The van der Waals surface area contributed by atoms with Gasteiger partial charge in [0.1, 0.15) is 0 Å². The van der Waals surface area contributed by atoms with Gasteiger partial charge < -0.3 is 15.4 Å². The van der Waals surface area contributed by atoms with Crippen LogP contribution in [-0.4, -0.2) is 34.9 Å². The maximum atomic E-state index is 13.8. The Hall–Kier alpha value is -1.63. The lowest BCUT2D eigenvalue weighted by Gasteiger charge is -2.19. The van der Waals surface area contributed by atoms with Gasteiger partial charge in [-0.15, -0.1) is 0 Å². The SMILES string of the molecule is C[C@H](CCNC(=O)N[C@@H]1CCCOc2c(F)cccc21)[S@](C)=O. The number of urea groups is 1. The van der Waals surface area contributed by atoms with E-state index in [1.54, 1.807) is 18.4 Å². The van der Waals surface area contributed by atoms with Gasteiger partial charge in [-0.05, 0) is 25.3 Å². The second kappa shape index (κ2) is 8.29. The highest BCUT2D eigenvalue weighted by molar-refractivity contribution is 7.84. The van der Waals surface area contributed by atoms with E-state index >= 15 is 0 Å². The summed E-state index contributed by atoms with van der Waals surface area (Å²) in [4.78, 5) is 12.0. The van der Waals surface area contributed by atoms with Crippen molar-refractivity contribution < 1.29 is 18.1 Å². The van der Waals surface area contributed by atoms with Gasteiger partial charge in [0.15, 0.2) is 11.6 Å². The molecule has 0 saturated heterocycles. The summed E-state index contributed by atoms with van der Waals surface area (Å²) < 4.78 is 30.6. The number of carbonyl (C=O) groups excluding carboxylic acids is 1. The molecule has 5 nitrogen and oxygen atoms in total. The number of halogens is 1. The van der Waals surface area contributed by atoms with E-state index in [2.05, 4.69) is 10.6 Å². The molecule has 23 heavy (non-hydrogen) atoms. The van der Waals surface area contributed by atoms with Gasteiger partial charge >= 0.3 is 6.03 Å². The number of hydrogen-bond acceptors (Lipinski definition) is 3. The van der Waals surface area contributed by atoms with E-state index in [1.807, 2.05) is 6.92 Å². The number of para-hydroxylation sites is 1. The van der Waals surface area contributed by atoms with Crippen molar-refractivity contribution in [2.24, 2.45) is 0 Å². The molecule has 128 valence electrons. The summed E-state index contributed by atoms with van der Waals surface area (Å²) in [5.74, 6) is -0.179. The zero-order valence-electron chi connectivity index (χ0n) is 13.4. The summed E-state index contributed by atoms with van der Waals surface area (Å²) in [5, 5.41) is 5.67. The van der Waals surface area contributed by atoms with Crippen LogP contribution >= 0.6 is 0 Å². The van der Waals surface area contributed by atoms with Gasteiger partial charge in [-0.25, -0.2) is 9.18 Å². The monoisotopic (exact) mass is 342 g/mol. The molecule has 1 aromatic carbocycles. The van der Waals surface area contributed by atoms with Crippen LogP contribution in [0.3, 0.4) is 0 Å². The van der Waals surface area contributed by atoms with E-state index < -0.39 is 16.6 Å². The van der Waals surface area contributed by atoms with Crippen molar-refractivity contribution in [3.63, 3.8) is 0 Å². The average molecular weight is 342 g/mol. The lowest BCUT2D eigenvalue weighted by molar-refractivity contribution is 0.236. The lowest BCUT2D eigenvalue weighted by atomic mass is 10.0. The highest BCUT2D eigenvalue weighted by Gasteiger charge is 2.23. The van der Waals surface area contributed by atoms with E-state index in [9.17, 15) is 13.4 Å². The molecule has 1 aliphatic rings. The van der Waals surface area contributed by atoms with Crippen molar-refractivity contribution in [2.75, 3.05) is 19.4 Å². The minimum absolute atomic E-state index is 0.0383. The van der Waals surface area contributed by atoms with Crippen molar-refractivity contribution in [1.29, 1.82) is 0 Å². The Balaban J connectivity index is 1.93. The Bertz CT molecular complexity index is 582. The summed E-state index contributed by atoms with van der Waals surface area (Å²) in [5.41, 5.74) is 0.667. The maximum absolute atomic E-state index is 13.8. The summed E-state index contributed by atoms with van der Waals surface area (Å²) in [6, 6.07) is 4.17. The van der Waals surface area contributed by atoms with Gasteiger partial charge in [-0.3, -0.25) is 4.21 Å². The Morgan fingerprint density at radius 2 is 2.30 bits per heavy atom. The van der Waals surface area contributed by atoms with E-state index in [0.717, 1.165) is 6.42 Å². The van der Waals surface area contributed by atoms with Crippen molar-refractivity contribution in [3.8, 4) is 5.75 Å². The topological polar surface area (TPSA) is 67.4 Å². The molecule has 0 unspecified atom stereocenters. The molecule has 2 N–H and O–H groups in total. The summed E-state index contributed by atoms with van der Waals surface area (Å²) in [6.45, 7) is 2.77. The number of fused-ring (bicyclic) bond motifs is 1. The van der Waals surface area contributed by atoms with Crippen molar-refractivity contribution >= 4 is 16.8 Å². The summed E-state index contributed by atoms with van der Waals surface area (Å²) in [7, 11) is -0.896. The molecule has 0 aliphatic carbocycles. The van der Waals surface area contributed by atoms with Crippen molar-refractivity contribution in [1.82, 2.24) is 10.6 Å². The molecular formula is C16H23FN2O3S. The second-order valence-electron chi connectivity index (χ2n) is 5.70. The number of hydrogen-bond donors (Lipinski definition) is 2. The fraction of sp³-hybridized carbons (Fsp3) is 0.562. The highest BCUT2D eigenvalue weighted by Crippen LogP contribution is 2.33. The molecule has 2 rings (SSSR count). The molecule has 7 heteroatoms. The van der Waals surface area contributed by atoms with Gasteiger partial charge in [-0.1, -0.05) is 19.1 Å². The third kappa shape index (κ3) is 4.92. The van der Waals surface area contributed by atoms with Crippen LogP contribution < -0.4 is 15.4 Å². The van der Waals surface area contributed by atoms with Crippen LogP contribution in [0.4, 0.5) is 9.18 Å². The number of carbonyl (C=O) groups is 1. The van der Waals surface area contributed by atoms with Crippen LogP contribution in [0.1, 0.15) is 37.8 Å². The molecule has 0 spiro atoms. The molecule has 0 aromatic heterocycles. The largest absolute Gasteiger partial charge is 0.490 e. The van der Waals surface area contributed by atoms with Crippen molar-refractivity contribution in [3.05, 3.63) is 29.6 Å². The number of rotatable bonds is 5. The Kier molecular flexibility index (Phi) is 6.38. The van der Waals surface area contributed by atoms with Gasteiger partial charge in [0.05, 0.1) is 12.6 Å². The first-order chi connectivity index (χ1) is 11.0. The zero-order chi connectivity index (χ0) is 16.8. The van der Waals surface area contributed by atoms with Crippen LogP contribution in [0.25, 0.3) is 0 Å². The predicted octanol–water partition coefficient (Wildman–Crippen LogP) is 2.50. The molecule has 0 bridgehead atoms.